The van der Waals surface area contributed by atoms with Crippen molar-refractivity contribution in [3.05, 3.63) is 28.8 Å². The summed E-state index contributed by atoms with van der Waals surface area (Å²) in [6, 6.07) is 1.59. The van der Waals surface area contributed by atoms with Crippen molar-refractivity contribution in [2.24, 2.45) is 0 Å². The summed E-state index contributed by atoms with van der Waals surface area (Å²) in [5.41, 5.74) is -2.87. The highest BCUT2D eigenvalue weighted by Gasteiger charge is 2.21. The van der Waals surface area contributed by atoms with E-state index in [4.69, 9.17) is 10.4 Å². The van der Waals surface area contributed by atoms with Crippen LogP contribution in [0.5, 0.6) is 0 Å². The molecule has 0 saturated heterocycles. The molecule has 0 radical (unpaired) electrons. The molecular formula is C8H3F3N2O2. The van der Waals surface area contributed by atoms with Crippen LogP contribution in [-0.2, 0) is 0 Å². The number of pyridine rings is 1. The summed E-state index contributed by atoms with van der Waals surface area (Å²) in [7, 11) is 0. The second kappa shape index (κ2) is 3.96. The first kappa shape index (κ1) is 11.0. The molecule has 1 heterocycles. The van der Waals surface area contributed by atoms with E-state index in [1.807, 2.05) is 0 Å². The van der Waals surface area contributed by atoms with Crippen molar-refractivity contribution in [3.8, 4) is 6.07 Å². The van der Waals surface area contributed by atoms with Crippen LogP contribution >= 0.6 is 0 Å². The zero-order chi connectivity index (χ0) is 11.6. The predicted octanol–water partition coefficient (Wildman–Crippen LogP) is 1.73. The van der Waals surface area contributed by atoms with Gasteiger partial charge in [0, 0.05) is 6.07 Å². The van der Waals surface area contributed by atoms with Gasteiger partial charge in [0.05, 0.1) is 0 Å². The van der Waals surface area contributed by atoms with Crippen LogP contribution in [0, 0.1) is 17.1 Å². The molecule has 0 saturated carbocycles. The first-order valence-electron chi connectivity index (χ1n) is 3.59. The van der Waals surface area contributed by atoms with E-state index in [2.05, 4.69) is 4.98 Å². The van der Waals surface area contributed by atoms with Crippen LogP contribution in [0.3, 0.4) is 0 Å². The maximum atomic E-state index is 13.0. The van der Waals surface area contributed by atoms with Gasteiger partial charge in [0.1, 0.15) is 23.1 Å². The fraction of sp³-hybridized carbons (Fsp3) is 0.125. The Kier molecular flexibility index (Phi) is 2.90. The molecule has 0 atom stereocenters. The molecule has 0 aliphatic carbocycles. The van der Waals surface area contributed by atoms with Crippen molar-refractivity contribution in [2.45, 2.75) is 6.43 Å². The van der Waals surface area contributed by atoms with Gasteiger partial charge in [-0.1, -0.05) is 0 Å². The monoisotopic (exact) mass is 216 g/mol. The smallest absolute Gasteiger partial charge is 0.356 e. The molecule has 0 bridgehead atoms. The third-order valence-electron chi connectivity index (χ3n) is 1.53. The average Bonchev–Trinajstić information content (AvgIpc) is 2.16. The van der Waals surface area contributed by atoms with E-state index in [1.165, 1.54) is 6.07 Å². The number of aromatic carboxylic acids is 1. The number of halogens is 3. The van der Waals surface area contributed by atoms with Crippen LogP contribution in [-0.4, -0.2) is 16.1 Å². The molecule has 1 N–H and O–H groups in total. The van der Waals surface area contributed by atoms with Gasteiger partial charge in [0.25, 0.3) is 6.43 Å². The van der Waals surface area contributed by atoms with Crippen LogP contribution in [0.15, 0.2) is 6.07 Å². The van der Waals surface area contributed by atoms with Crippen LogP contribution in [0.25, 0.3) is 0 Å². The van der Waals surface area contributed by atoms with Crippen molar-refractivity contribution >= 4 is 5.97 Å². The van der Waals surface area contributed by atoms with Gasteiger partial charge in [-0.05, 0) is 0 Å². The molecule has 0 unspecified atom stereocenters. The molecule has 0 fully saturated rings. The first-order chi connectivity index (χ1) is 6.97. The van der Waals surface area contributed by atoms with Crippen molar-refractivity contribution < 1.29 is 23.1 Å². The lowest BCUT2D eigenvalue weighted by molar-refractivity contribution is 0.0687. The van der Waals surface area contributed by atoms with Crippen LogP contribution in [0.1, 0.15) is 28.2 Å². The molecule has 15 heavy (non-hydrogen) atoms. The fourth-order valence-corrected chi connectivity index (χ4v) is 0.905. The minimum atomic E-state index is -3.09. The Bertz CT molecular complexity index is 454. The lowest BCUT2D eigenvalue weighted by Gasteiger charge is -2.03. The number of nitrogens with zero attached hydrogens (tertiary/aromatic N) is 2. The third kappa shape index (κ3) is 2.04. The maximum absolute atomic E-state index is 13.0. The molecule has 0 aliphatic rings. The number of nitriles is 1. The molecule has 0 spiro atoms. The number of hydrogen-bond donors (Lipinski definition) is 1. The second-order valence-electron chi connectivity index (χ2n) is 2.47. The van der Waals surface area contributed by atoms with Crippen molar-refractivity contribution in [1.29, 1.82) is 5.26 Å². The summed E-state index contributed by atoms with van der Waals surface area (Å²) in [4.78, 5) is 13.5. The van der Waals surface area contributed by atoms with Crippen LogP contribution < -0.4 is 0 Å². The van der Waals surface area contributed by atoms with E-state index in [0.29, 0.717) is 6.07 Å². The Morgan fingerprint density at radius 2 is 2.20 bits per heavy atom. The van der Waals surface area contributed by atoms with E-state index in [-0.39, 0.29) is 0 Å². The van der Waals surface area contributed by atoms with Gasteiger partial charge in [-0.15, -0.1) is 0 Å². The molecule has 7 heteroatoms. The highest BCUT2D eigenvalue weighted by Crippen LogP contribution is 2.20. The van der Waals surface area contributed by atoms with E-state index in [0.717, 1.165) is 0 Å². The molecule has 1 aromatic rings. The van der Waals surface area contributed by atoms with Gasteiger partial charge in [-0.3, -0.25) is 0 Å². The van der Waals surface area contributed by atoms with E-state index >= 15 is 0 Å². The molecular weight excluding hydrogens is 213 g/mol. The Hall–Kier alpha value is -2.10. The SMILES string of the molecule is N#Cc1c(F)cc(C(F)F)nc1C(=O)O. The standard InChI is InChI=1S/C8H3F3N2O2/c9-4-1-5(7(10)11)13-6(8(14)15)3(4)2-12/h1,7H,(H,14,15). The molecule has 78 valence electrons. The highest BCUT2D eigenvalue weighted by molar-refractivity contribution is 5.88. The predicted molar refractivity (Wildman–Crippen MR) is 40.8 cm³/mol. The Morgan fingerprint density at radius 3 is 2.60 bits per heavy atom. The summed E-state index contributed by atoms with van der Waals surface area (Å²) in [5.74, 6) is -3.05. The highest BCUT2D eigenvalue weighted by atomic mass is 19.3. The number of rotatable bonds is 2. The van der Waals surface area contributed by atoms with Gasteiger partial charge in [-0.25, -0.2) is 22.9 Å². The number of carboxylic acids is 1. The van der Waals surface area contributed by atoms with Gasteiger partial charge >= 0.3 is 5.97 Å². The second-order valence-corrected chi connectivity index (χ2v) is 2.47. The number of hydrogen-bond acceptors (Lipinski definition) is 3. The largest absolute Gasteiger partial charge is 0.476 e. The van der Waals surface area contributed by atoms with Crippen LogP contribution in [0.2, 0.25) is 0 Å². The normalized spacial score (nSPS) is 10.1. The van der Waals surface area contributed by atoms with E-state index in [1.54, 1.807) is 0 Å². The molecule has 0 aliphatic heterocycles. The van der Waals surface area contributed by atoms with Crippen molar-refractivity contribution in [1.82, 2.24) is 4.98 Å². The number of alkyl halides is 2. The lowest BCUT2D eigenvalue weighted by Crippen LogP contribution is -2.09. The molecule has 0 amide bonds. The zero-order valence-electron chi connectivity index (χ0n) is 7.04. The topological polar surface area (TPSA) is 74.0 Å². The number of carbonyl (C=O) groups is 1. The fourth-order valence-electron chi connectivity index (χ4n) is 0.905. The van der Waals surface area contributed by atoms with Gasteiger partial charge in [-0.2, -0.15) is 5.26 Å². The number of aromatic nitrogens is 1. The minimum Gasteiger partial charge on any atom is -0.476 e. The minimum absolute atomic E-state index is 0.343. The van der Waals surface area contributed by atoms with Gasteiger partial charge in [0.2, 0.25) is 0 Å². The summed E-state index contributed by atoms with van der Waals surface area (Å²) < 4.78 is 37.2. The lowest BCUT2D eigenvalue weighted by atomic mass is 10.1. The summed E-state index contributed by atoms with van der Waals surface area (Å²) in [5, 5.41) is 16.9. The molecule has 0 aromatic carbocycles. The van der Waals surface area contributed by atoms with E-state index < -0.39 is 35.2 Å². The zero-order valence-corrected chi connectivity index (χ0v) is 7.04. The average molecular weight is 216 g/mol. The maximum Gasteiger partial charge on any atom is 0.356 e. The molecule has 1 aromatic heterocycles. The number of carboxylic acid groups (broad SMARTS) is 1. The van der Waals surface area contributed by atoms with Gasteiger partial charge in [0.15, 0.2) is 5.69 Å². The third-order valence-corrected chi connectivity index (χ3v) is 1.53. The Labute approximate surface area is 81.6 Å². The van der Waals surface area contributed by atoms with Gasteiger partial charge < -0.3 is 5.11 Å². The van der Waals surface area contributed by atoms with Crippen molar-refractivity contribution in [2.75, 3.05) is 0 Å². The Balaban J connectivity index is 3.47. The van der Waals surface area contributed by atoms with Crippen LogP contribution in [0.4, 0.5) is 13.2 Å². The molecule has 1 rings (SSSR count). The summed E-state index contributed by atoms with van der Waals surface area (Å²) in [6.45, 7) is 0. The molecule has 4 nitrogen and oxygen atoms in total. The summed E-state index contributed by atoms with van der Waals surface area (Å²) >= 11 is 0. The first-order valence-corrected chi connectivity index (χ1v) is 3.59. The van der Waals surface area contributed by atoms with Crippen molar-refractivity contribution in [3.63, 3.8) is 0 Å². The Morgan fingerprint density at radius 1 is 1.60 bits per heavy atom. The quantitative estimate of drug-likeness (QED) is 0.816. The summed E-state index contributed by atoms with van der Waals surface area (Å²) in [6.07, 6.45) is -3.09. The van der Waals surface area contributed by atoms with E-state index in [9.17, 15) is 18.0 Å².